The highest BCUT2D eigenvalue weighted by molar-refractivity contribution is 6.35. The van der Waals surface area contributed by atoms with Gasteiger partial charge in [0.1, 0.15) is 5.75 Å². The summed E-state index contributed by atoms with van der Waals surface area (Å²) < 4.78 is 5.58. The molecule has 2 aromatic rings. The Labute approximate surface area is 156 Å². The molecule has 2 rings (SSSR count). The van der Waals surface area contributed by atoms with Crippen LogP contribution in [-0.4, -0.2) is 17.9 Å². The molecule has 2 atom stereocenters. The number of amides is 2. The highest BCUT2D eigenvalue weighted by atomic mass is 35.5. The maximum atomic E-state index is 12.3. The van der Waals surface area contributed by atoms with Gasteiger partial charge in [-0.1, -0.05) is 29.3 Å². The number of ether oxygens (including phenoxy) is 1. The summed E-state index contributed by atoms with van der Waals surface area (Å²) in [6, 6.07) is 11.1. The molecule has 0 aromatic heterocycles. The van der Waals surface area contributed by atoms with E-state index in [0.717, 1.165) is 5.56 Å². The maximum absolute atomic E-state index is 12.3. The van der Waals surface area contributed by atoms with E-state index in [9.17, 15) is 9.59 Å². The minimum atomic E-state index is -0.729. The minimum absolute atomic E-state index is 0.294. The molecule has 0 spiro atoms. The Kier molecular flexibility index (Phi) is 6.28. The molecular formula is C18H18Cl2N2O3. The van der Waals surface area contributed by atoms with Crippen molar-refractivity contribution in [3.05, 3.63) is 63.6 Å². The number of rotatable bonds is 6. The molecule has 0 aliphatic rings. The van der Waals surface area contributed by atoms with Crippen molar-refractivity contribution in [2.75, 3.05) is 0 Å². The first-order chi connectivity index (χ1) is 11.8. The van der Waals surface area contributed by atoms with Crippen molar-refractivity contribution in [3.63, 3.8) is 0 Å². The number of nitrogens with two attached hydrogens (primary N) is 1. The van der Waals surface area contributed by atoms with Crippen LogP contribution in [-0.2, 0) is 4.79 Å². The van der Waals surface area contributed by atoms with Gasteiger partial charge in [0.15, 0.2) is 6.10 Å². The fourth-order valence-electron chi connectivity index (χ4n) is 2.22. The lowest BCUT2D eigenvalue weighted by atomic mass is 10.1. The molecule has 3 N–H and O–H groups in total. The molecule has 0 bridgehead atoms. The second-order valence-electron chi connectivity index (χ2n) is 5.54. The van der Waals surface area contributed by atoms with E-state index in [0.29, 0.717) is 21.4 Å². The van der Waals surface area contributed by atoms with Crippen LogP contribution in [0.2, 0.25) is 10.0 Å². The highest BCUT2D eigenvalue weighted by Gasteiger charge is 2.19. The van der Waals surface area contributed by atoms with Gasteiger partial charge in [0.25, 0.3) is 5.91 Å². The summed E-state index contributed by atoms with van der Waals surface area (Å²) in [5.41, 5.74) is 6.31. The van der Waals surface area contributed by atoms with Gasteiger partial charge in [0.05, 0.1) is 6.04 Å². The van der Waals surface area contributed by atoms with Crippen LogP contribution < -0.4 is 15.8 Å². The van der Waals surface area contributed by atoms with Gasteiger partial charge in [-0.3, -0.25) is 9.59 Å². The number of carbonyl (C=O) groups excluding carboxylic acids is 2. The minimum Gasteiger partial charge on any atom is -0.481 e. The van der Waals surface area contributed by atoms with E-state index in [-0.39, 0.29) is 11.9 Å². The molecule has 2 aromatic carbocycles. The zero-order valence-corrected chi connectivity index (χ0v) is 15.3. The first-order valence-corrected chi connectivity index (χ1v) is 8.35. The highest BCUT2D eigenvalue weighted by Crippen LogP contribution is 2.26. The first-order valence-electron chi connectivity index (χ1n) is 7.59. The van der Waals surface area contributed by atoms with Crippen LogP contribution in [0.1, 0.15) is 35.8 Å². The number of nitrogens with one attached hydrogen (secondary N) is 1. The van der Waals surface area contributed by atoms with Crippen molar-refractivity contribution in [1.82, 2.24) is 5.32 Å². The molecule has 25 heavy (non-hydrogen) atoms. The molecule has 0 saturated carbocycles. The van der Waals surface area contributed by atoms with E-state index in [1.54, 1.807) is 49.4 Å². The first kappa shape index (κ1) is 19.1. The van der Waals surface area contributed by atoms with Crippen LogP contribution in [0.4, 0.5) is 0 Å². The van der Waals surface area contributed by atoms with Crippen molar-refractivity contribution in [2.24, 2.45) is 5.73 Å². The Morgan fingerprint density at radius 3 is 2.28 bits per heavy atom. The van der Waals surface area contributed by atoms with Crippen LogP contribution in [0.15, 0.2) is 42.5 Å². The molecule has 0 aliphatic heterocycles. The standard InChI is InChI=1S/C18H18Cl2N2O3/c1-10(15-8-5-13(19)9-16(15)20)22-18(24)11(2)25-14-6-3-12(4-7-14)17(21)23/h3-11H,1-2H3,(H2,21,23)(H,22,24)/t10-,11+/m1/s1. The molecule has 0 saturated heterocycles. The topological polar surface area (TPSA) is 81.4 Å². The summed E-state index contributed by atoms with van der Waals surface area (Å²) in [6.07, 6.45) is -0.729. The van der Waals surface area contributed by atoms with Gasteiger partial charge >= 0.3 is 0 Å². The number of hydrogen-bond acceptors (Lipinski definition) is 3. The summed E-state index contributed by atoms with van der Waals surface area (Å²) in [7, 11) is 0. The lowest BCUT2D eigenvalue weighted by Crippen LogP contribution is -2.37. The number of hydrogen-bond donors (Lipinski definition) is 2. The number of halogens is 2. The Balaban J connectivity index is 1.98. The molecule has 0 unspecified atom stereocenters. The summed E-state index contributed by atoms with van der Waals surface area (Å²) in [5, 5.41) is 3.85. The lowest BCUT2D eigenvalue weighted by Gasteiger charge is -2.20. The van der Waals surface area contributed by atoms with Crippen LogP contribution >= 0.6 is 23.2 Å². The van der Waals surface area contributed by atoms with Gasteiger partial charge in [-0.25, -0.2) is 0 Å². The zero-order valence-electron chi connectivity index (χ0n) is 13.8. The normalized spacial score (nSPS) is 13.0. The predicted octanol–water partition coefficient (Wildman–Crippen LogP) is 3.74. The third-order valence-electron chi connectivity index (χ3n) is 3.61. The summed E-state index contributed by atoms with van der Waals surface area (Å²) in [6.45, 7) is 3.45. The predicted molar refractivity (Wildman–Crippen MR) is 98.1 cm³/mol. The summed E-state index contributed by atoms with van der Waals surface area (Å²) >= 11 is 12.0. The van der Waals surface area contributed by atoms with Crippen molar-refractivity contribution in [1.29, 1.82) is 0 Å². The largest absolute Gasteiger partial charge is 0.481 e. The van der Waals surface area contributed by atoms with Crippen LogP contribution in [0.25, 0.3) is 0 Å². The third-order valence-corrected chi connectivity index (χ3v) is 4.17. The molecular weight excluding hydrogens is 363 g/mol. The Hall–Kier alpha value is -2.24. The van der Waals surface area contributed by atoms with E-state index in [4.69, 9.17) is 33.7 Å². The number of carbonyl (C=O) groups is 2. The second-order valence-corrected chi connectivity index (χ2v) is 6.39. The van der Waals surface area contributed by atoms with E-state index in [2.05, 4.69) is 5.32 Å². The fraction of sp³-hybridized carbons (Fsp3) is 0.222. The van der Waals surface area contributed by atoms with Gasteiger partial charge in [0.2, 0.25) is 5.91 Å². The van der Waals surface area contributed by atoms with Gasteiger partial charge < -0.3 is 15.8 Å². The van der Waals surface area contributed by atoms with Gasteiger partial charge in [-0.05, 0) is 55.8 Å². The number of benzene rings is 2. The third kappa shape index (κ3) is 5.11. The van der Waals surface area contributed by atoms with Crippen molar-refractivity contribution in [3.8, 4) is 5.75 Å². The smallest absolute Gasteiger partial charge is 0.261 e. The Morgan fingerprint density at radius 1 is 1.08 bits per heavy atom. The Bertz CT molecular complexity index is 778. The van der Waals surface area contributed by atoms with Crippen molar-refractivity contribution in [2.45, 2.75) is 26.0 Å². The monoisotopic (exact) mass is 380 g/mol. The molecule has 0 aliphatic carbocycles. The fourth-order valence-corrected chi connectivity index (χ4v) is 2.79. The SMILES string of the molecule is C[C@H](Oc1ccc(C(N)=O)cc1)C(=O)N[C@H](C)c1ccc(Cl)cc1Cl. The molecule has 0 fully saturated rings. The van der Waals surface area contributed by atoms with Gasteiger partial charge in [0, 0.05) is 15.6 Å². The molecule has 7 heteroatoms. The van der Waals surface area contributed by atoms with Crippen molar-refractivity contribution >= 4 is 35.0 Å². The molecule has 132 valence electrons. The van der Waals surface area contributed by atoms with Crippen LogP contribution in [0, 0.1) is 0 Å². The van der Waals surface area contributed by atoms with Crippen LogP contribution in [0.5, 0.6) is 5.75 Å². The average Bonchev–Trinajstić information content (AvgIpc) is 2.55. The van der Waals surface area contributed by atoms with E-state index in [1.165, 1.54) is 0 Å². The zero-order chi connectivity index (χ0) is 18.6. The number of primary amides is 1. The quantitative estimate of drug-likeness (QED) is 0.800. The van der Waals surface area contributed by atoms with Crippen LogP contribution in [0.3, 0.4) is 0 Å². The van der Waals surface area contributed by atoms with Crippen molar-refractivity contribution < 1.29 is 14.3 Å². The van der Waals surface area contributed by atoms with E-state index in [1.807, 2.05) is 6.92 Å². The average molecular weight is 381 g/mol. The lowest BCUT2D eigenvalue weighted by molar-refractivity contribution is -0.127. The molecule has 5 nitrogen and oxygen atoms in total. The second kappa shape index (κ2) is 8.23. The van der Waals surface area contributed by atoms with E-state index < -0.39 is 12.0 Å². The van der Waals surface area contributed by atoms with Gasteiger partial charge in [-0.15, -0.1) is 0 Å². The molecule has 0 radical (unpaired) electrons. The summed E-state index contributed by atoms with van der Waals surface area (Å²) in [5.74, 6) is -0.353. The van der Waals surface area contributed by atoms with Gasteiger partial charge in [-0.2, -0.15) is 0 Å². The van der Waals surface area contributed by atoms with E-state index >= 15 is 0 Å². The Morgan fingerprint density at radius 2 is 1.72 bits per heavy atom. The molecule has 0 heterocycles. The molecule has 2 amide bonds. The maximum Gasteiger partial charge on any atom is 0.261 e. The summed E-state index contributed by atoms with van der Waals surface area (Å²) in [4.78, 5) is 23.4.